The van der Waals surface area contributed by atoms with E-state index in [-0.39, 0.29) is 4.75 Å². The number of hydrogen-bond donors (Lipinski definition) is 2. The van der Waals surface area contributed by atoms with Gasteiger partial charge in [0.1, 0.15) is 5.75 Å². The summed E-state index contributed by atoms with van der Waals surface area (Å²) >= 11 is 5.35. The van der Waals surface area contributed by atoms with E-state index in [2.05, 4.69) is 58.6 Å². The van der Waals surface area contributed by atoms with E-state index in [0.29, 0.717) is 6.54 Å². The van der Waals surface area contributed by atoms with E-state index >= 15 is 0 Å². The Balaban J connectivity index is 2.71. The number of guanidine groups is 1. The molecular weight excluding hydrogens is 362 g/mol. The lowest BCUT2D eigenvalue weighted by Gasteiger charge is -2.23. The van der Waals surface area contributed by atoms with Gasteiger partial charge in [-0.25, -0.2) is 4.99 Å². The van der Waals surface area contributed by atoms with Crippen molar-refractivity contribution in [2.45, 2.75) is 32.1 Å². The first kappa shape index (κ1) is 19.2. The third kappa shape index (κ3) is 6.48. The van der Waals surface area contributed by atoms with Gasteiger partial charge in [0.15, 0.2) is 5.96 Å². The van der Waals surface area contributed by atoms with Crippen molar-refractivity contribution in [3.63, 3.8) is 0 Å². The smallest absolute Gasteiger partial charge is 0.191 e. The maximum Gasteiger partial charge on any atom is 0.191 e. The molecule has 0 aromatic heterocycles. The number of hydrogen-bond acceptors (Lipinski definition) is 3. The van der Waals surface area contributed by atoms with Gasteiger partial charge in [0.25, 0.3) is 0 Å². The van der Waals surface area contributed by atoms with Gasteiger partial charge in [-0.3, -0.25) is 0 Å². The molecule has 0 aliphatic carbocycles. The minimum atomic E-state index is 0.180. The molecule has 0 radical (unpaired) electrons. The Labute approximate surface area is 146 Å². The minimum absolute atomic E-state index is 0.180. The van der Waals surface area contributed by atoms with Gasteiger partial charge in [0.2, 0.25) is 0 Å². The van der Waals surface area contributed by atoms with Gasteiger partial charge in [-0.2, -0.15) is 11.8 Å². The molecule has 1 rings (SSSR count). The van der Waals surface area contributed by atoms with Crippen molar-refractivity contribution >= 4 is 33.7 Å². The fraction of sp³-hybridized carbons (Fsp3) is 0.562. The van der Waals surface area contributed by atoms with Crippen molar-refractivity contribution < 1.29 is 4.74 Å². The number of thioether (sulfide) groups is 1. The molecule has 0 heterocycles. The summed E-state index contributed by atoms with van der Waals surface area (Å²) in [7, 11) is 1.67. The molecular formula is C16H26BrN3OS. The fourth-order valence-electron chi connectivity index (χ4n) is 1.69. The number of aliphatic imine (C=N–C) groups is 1. The summed E-state index contributed by atoms with van der Waals surface area (Å²) in [6.07, 6.45) is 2.13. The molecule has 0 aliphatic heterocycles. The van der Waals surface area contributed by atoms with E-state index in [1.54, 1.807) is 7.11 Å². The van der Waals surface area contributed by atoms with Gasteiger partial charge in [0.05, 0.1) is 18.1 Å². The first-order valence-corrected chi connectivity index (χ1v) is 9.33. The van der Waals surface area contributed by atoms with E-state index in [1.807, 2.05) is 30.0 Å². The summed E-state index contributed by atoms with van der Waals surface area (Å²) in [5.74, 6) is 1.68. The van der Waals surface area contributed by atoms with E-state index in [1.165, 1.54) is 0 Å². The van der Waals surface area contributed by atoms with Crippen molar-refractivity contribution in [3.05, 3.63) is 28.2 Å². The average Bonchev–Trinajstić information content (AvgIpc) is 2.50. The minimum Gasteiger partial charge on any atom is -0.496 e. The third-order valence-electron chi connectivity index (χ3n) is 3.21. The highest BCUT2D eigenvalue weighted by atomic mass is 79.9. The van der Waals surface area contributed by atoms with Gasteiger partial charge >= 0.3 is 0 Å². The SMILES string of the molecule is CCNC(=NCc1ccc(OC)c(Br)c1)NCC(C)(C)SC. The van der Waals surface area contributed by atoms with Gasteiger partial charge in [0, 0.05) is 17.8 Å². The quantitative estimate of drug-likeness (QED) is 0.553. The number of nitrogens with one attached hydrogen (secondary N) is 2. The number of nitrogens with zero attached hydrogens (tertiary/aromatic N) is 1. The second-order valence-corrected chi connectivity index (χ2v) is 7.85. The molecule has 0 aliphatic rings. The number of benzene rings is 1. The summed E-state index contributed by atoms with van der Waals surface area (Å²) in [4.78, 5) is 4.64. The normalized spacial score (nSPS) is 12.2. The summed E-state index contributed by atoms with van der Waals surface area (Å²) < 4.78 is 6.37. The highest BCUT2D eigenvalue weighted by Gasteiger charge is 2.16. The number of ether oxygens (including phenoxy) is 1. The van der Waals surface area contributed by atoms with Crippen LogP contribution in [0.1, 0.15) is 26.3 Å². The molecule has 0 saturated heterocycles. The van der Waals surface area contributed by atoms with Crippen LogP contribution in [0.5, 0.6) is 5.75 Å². The average molecular weight is 388 g/mol. The van der Waals surface area contributed by atoms with Crippen LogP contribution in [0.25, 0.3) is 0 Å². The summed E-state index contributed by atoms with van der Waals surface area (Å²) in [5.41, 5.74) is 1.13. The Morgan fingerprint density at radius 1 is 1.36 bits per heavy atom. The summed E-state index contributed by atoms with van der Waals surface area (Å²) in [6, 6.07) is 6.02. The number of rotatable bonds is 7. The van der Waals surface area contributed by atoms with Gasteiger partial charge in [-0.1, -0.05) is 6.07 Å². The molecule has 22 heavy (non-hydrogen) atoms. The molecule has 0 unspecified atom stereocenters. The van der Waals surface area contributed by atoms with Crippen molar-refractivity contribution in [3.8, 4) is 5.75 Å². The molecule has 2 N–H and O–H groups in total. The maximum atomic E-state index is 5.24. The Bertz CT molecular complexity index is 506. The first-order valence-electron chi connectivity index (χ1n) is 7.31. The van der Waals surface area contributed by atoms with Crippen LogP contribution in [0.15, 0.2) is 27.7 Å². The highest BCUT2D eigenvalue weighted by Crippen LogP contribution is 2.25. The van der Waals surface area contributed by atoms with Crippen molar-refractivity contribution in [1.82, 2.24) is 10.6 Å². The molecule has 124 valence electrons. The molecule has 0 fully saturated rings. The standard InChI is InChI=1S/C16H26BrN3OS/c1-6-18-15(20-11-16(2,3)22-5)19-10-12-7-8-14(21-4)13(17)9-12/h7-9H,6,10-11H2,1-5H3,(H2,18,19,20). The zero-order valence-corrected chi connectivity index (χ0v) is 16.4. The molecule has 1 aromatic rings. The van der Waals surface area contributed by atoms with E-state index in [9.17, 15) is 0 Å². The monoisotopic (exact) mass is 387 g/mol. The van der Waals surface area contributed by atoms with Crippen molar-refractivity contribution in [1.29, 1.82) is 0 Å². The lowest BCUT2D eigenvalue weighted by molar-refractivity contribution is 0.412. The molecule has 0 atom stereocenters. The van der Waals surface area contributed by atoms with Crippen LogP contribution in [0, 0.1) is 0 Å². The van der Waals surface area contributed by atoms with E-state index in [4.69, 9.17) is 4.74 Å². The zero-order valence-electron chi connectivity index (χ0n) is 14.0. The van der Waals surface area contributed by atoms with E-state index < -0.39 is 0 Å². The van der Waals surface area contributed by atoms with Gasteiger partial charge in [-0.05, 0) is 60.7 Å². The predicted molar refractivity (Wildman–Crippen MR) is 101 cm³/mol. The Morgan fingerprint density at radius 3 is 2.64 bits per heavy atom. The first-order chi connectivity index (χ1) is 10.4. The van der Waals surface area contributed by atoms with Crippen LogP contribution in [-0.4, -0.2) is 37.2 Å². The number of halogens is 1. The molecule has 6 heteroatoms. The number of methoxy groups -OCH3 is 1. The van der Waals surface area contributed by atoms with E-state index in [0.717, 1.165) is 34.8 Å². The van der Waals surface area contributed by atoms with Crippen LogP contribution in [-0.2, 0) is 6.54 Å². The topological polar surface area (TPSA) is 45.7 Å². The summed E-state index contributed by atoms with van der Waals surface area (Å²) in [5, 5.41) is 6.68. The van der Waals surface area contributed by atoms with Crippen LogP contribution >= 0.6 is 27.7 Å². The summed E-state index contributed by atoms with van der Waals surface area (Å²) in [6.45, 7) is 8.84. The zero-order chi connectivity index (χ0) is 16.6. The third-order valence-corrected chi connectivity index (χ3v) is 5.08. The van der Waals surface area contributed by atoms with Gasteiger partial charge in [-0.15, -0.1) is 0 Å². The van der Waals surface area contributed by atoms with Gasteiger partial charge < -0.3 is 15.4 Å². The van der Waals surface area contributed by atoms with Crippen molar-refractivity contribution in [2.24, 2.45) is 4.99 Å². The Hall–Kier alpha value is -0.880. The molecule has 4 nitrogen and oxygen atoms in total. The van der Waals surface area contributed by atoms with Crippen LogP contribution in [0.4, 0.5) is 0 Å². The fourth-order valence-corrected chi connectivity index (χ4v) is 2.49. The predicted octanol–water partition coefficient (Wildman–Crippen LogP) is 3.65. The Kier molecular flexibility index (Phi) is 8.10. The Morgan fingerprint density at radius 2 is 2.09 bits per heavy atom. The lowest BCUT2D eigenvalue weighted by atomic mass is 10.2. The van der Waals surface area contributed by atoms with Crippen LogP contribution in [0.3, 0.4) is 0 Å². The molecule has 0 spiro atoms. The largest absolute Gasteiger partial charge is 0.496 e. The van der Waals surface area contributed by atoms with Crippen molar-refractivity contribution in [2.75, 3.05) is 26.5 Å². The molecule has 0 bridgehead atoms. The van der Waals surface area contributed by atoms with Crippen LogP contribution < -0.4 is 15.4 Å². The second-order valence-electron chi connectivity index (χ2n) is 5.48. The second kappa shape index (κ2) is 9.30. The lowest BCUT2D eigenvalue weighted by Crippen LogP contribution is -2.43. The highest BCUT2D eigenvalue weighted by molar-refractivity contribution is 9.10. The molecule has 1 aromatic carbocycles. The molecule has 0 amide bonds. The van der Waals surface area contributed by atoms with Crippen LogP contribution in [0.2, 0.25) is 0 Å². The molecule has 0 saturated carbocycles. The maximum absolute atomic E-state index is 5.24.